The topological polar surface area (TPSA) is 171 Å². The van der Waals surface area contributed by atoms with Gasteiger partial charge in [0.05, 0.1) is 26.4 Å². The first kappa shape index (κ1) is 20.6. The molecule has 0 spiro atoms. The summed E-state index contributed by atoms with van der Waals surface area (Å²) in [7, 11) is 0. The van der Waals surface area contributed by atoms with Crippen molar-refractivity contribution in [1.29, 1.82) is 0 Å². The Hall–Kier alpha value is -3.71. The lowest BCUT2D eigenvalue weighted by Crippen LogP contribution is -2.34. The van der Waals surface area contributed by atoms with Crippen LogP contribution < -0.4 is 10.6 Å². The number of carbonyl (C=O) groups excluding carboxylic acids is 1. The Labute approximate surface area is 165 Å². The van der Waals surface area contributed by atoms with Gasteiger partial charge in [0.2, 0.25) is 0 Å². The van der Waals surface area contributed by atoms with Gasteiger partial charge in [-0.25, -0.2) is 0 Å². The summed E-state index contributed by atoms with van der Waals surface area (Å²) in [5.74, 6) is -0.985. The molecule has 0 saturated carbocycles. The Morgan fingerprint density at radius 1 is 0.929 bits per heavy atom. The third-order valence-electron chi connectivity index (χ3n) is 3.22. The van der Waals surface area contributed by atoms with Crippen molar-refractivity contribution in [2.75, 3.05) is 5.32 Å². The second-order valence-corrected chi connectivity index (χ2v) is 5.92. The lowest BCUT2D eigenvalue weighted by atomic mass is 10.1. The first-order valence-corrected chi connectivity index (χ1v) is 7.87. The van der Waals surface area contributed by atoms with E-state index in [0.717, 1.165) is 18.2 Å². The fraction of sp³-hybridized carbons (Fsp3) is 0. The van der Waals surface area contributed by atoms with Gasteiger partial charge in [-0.05, 0) is 24.4 Å². The summed E-state index contributed by atoms with van der Waals surface area (Å²) in [4.78, 5) is 42.5. The third-order valence-corrected chi connectivity index (χ3v) is 3.66. The second kappa shape index (κ2) is 8.32. The zero-order valence-electron chi connectivity index (χ0n) is 13.4. The van der Waals surface area contributed by atoms with E-state index in [1.807, 2.05) is 0 Å². The van der Waals surface area contributed by atoms with Crippen LogP contribution in [-0.2, 0) is 0 Å². The van der Waals surface area contributed by atoms with Crippen LogP contribution in [0.15, 0.2) is 36.4 Å². The Morgan fingerprint density at radius 3 is 2.00 bits per heavy atom. The first-order valence-electron chi connectivity index (χ1n) is 7.08. The highest BCUT2D eigenvalue weighted by atomic mass is 35.5. The van der Waals surface area contributed by atoms with E-state index in [1.54, 1.807) is 0 Å². The van der Waals surface area contributed by atoms with Crippen molar-refractivity contribution in [3.8, 4) is 0 Å². The molecule has 0 aliphatic rings. The summed E-state index contributed by atoms with van der Waals surface area (Å²) in [6.07, 6.45) is 0. The maximum atomic E-state index is 12.2. The van der Waals surface area contributed by atoms with Crippen LogP contribution in [0.5, 0.6) is 0 Å². The quantitative estimate of drug-likeness (QED) is 0.414. The van der Waals surface area contributed by atoms with Crippen LogP contribution in [0.25, 0.3) is 0 Å². The molecule has 0 atom stereocenters. The van der Waals surface area contributed by atoms with Gasteiger partial charge in [-0.1, -0.05) is 11.6 Å². The standard InChI is InChI=1S/C14H8ClN5O7S/c15-8-1-2-11(12(5-8)20(26)27)16-14(28)17-13(21)7-3-9(18(22)23)6-10(4-7)19(24)25/h1-6H,(H2,16,17,21,28). The summed E-state index contributed by atoms with van der Waals surface area (Å²) in [5.41, 5.74) is -2.19. The Morgan fingerprint density at radius 2 is 1.50 bits per heavy atom. The average molecular weight is 426 g/mol. The molecular weight excluding hydrogens is 418 g/mol. The lowest BCUT2D eigenvalue weighted by molar-refractivity contribution is -0.394. The highest BCUT2D eigenvalue weighted by molar-refractivity contribution is 7.80. The number of amides is 1. The van der Waals surface area contributed by atoms with Gasteiger partial charge in [-0.15, -0.1) is 0 Å². The van der Waals surface area contributed by atoms with Crippen molar-refractivity contribution >= 4 is 57.6 Å². The summed E-state index contributed by atoms with van der Waals surface area (Å²) < 4.78 is 0. The molecule has 2 aromatic rings. The Bertz CT molecular complexity index is 997. The maximum Gasteiger partial charge on any atom is 0.294 e. The summed E-state index contributed by atoms with van der Waals surface area (Å²) >= 11 is 10.6. The monoisotopic (exact) mass is 425 g/mol. The fourth-order valence-corrected chi connectivity index (χ4v) is 2.40. The number of nitrogens with zero attached hydrogens (tertiary/aromatic N) is 3. The van der Waals surface area contributed by atoms with E-state index in [0.29, 0.717) is 6.07 Å². The van der Waals surface area contributed by atoms with Crippen molar-refractivity contribution in [2.45, 2.75) is 0 Å². The molecule has 1 amide bonds. The van der Waals surface area contributed by atoms with Crippen molar-refractivity contribution < 1.29 is 19.6 Å². The molecule has 0 aliphatic carbocycles. The van der Waals surface area contributed by atoms with Gasteiger partial charge in [0.1, 0.15) is 5.69 Å². The molecule has 0 aromatic heterocycles. The molecule has 2 rings (SSSR count). The number of hydrogen-bond acceptors (Lipinski definition) is 8. The van der Waals surface area contributed by atoms with Crippen LogP contribution in [-0.4, -0.2) is 25.8 Å². The van der Waals surface area contributed by atoms with Gasteiger partial charge in [-0.3, -0.25) is 40.5 Å². The van der Waals surface area contributed by atoms with Gasteiger partial charge in [-0.2, -0.15) is 0 Å². The first-order chi connectivity index (χ1) is 13.1. The van der Waals surface area contributed by atoms with Crippen LogP contribution in [0.4, 0.5) is 22.7 Å². The maximum absolute atomic E-state index is 12.2. The van der Waals surface area contributed by atoms with E-state index >= 15 is 0 Å². The molecule has 0 unspecified atom stereocenters. The highest BCUT2D eigenvalue weighted by Gasteiger charge is 2.21. The minimum Gasteiger partial charge on any atom is -0.327 e. The Kier molecular flexibility index (Phi) is 6.12. The number of anilines is 1. The van der Waals surface area contributed by atoms with Crippen molar-refractivity contribution in [2.24, 2.45) is 0 Å². The molecule has 0 bridgehead atoms. The number of nitrogens with one attached hydrogen (secondary N) is 2. The molecular formula is C14H8ClN5O7S. The van der Waals surface area contributed by atoms with Crippen LogP contribution in [0.3, 0.4) is 0 Å². The van der Waals surface area contributed by atoms with Crippen molar-refractivity contribution in [3.05, 3.63) is 77.3 Å². The van der Waals surface area contributed by atoms with Crippen molar-refractivity contribution in [1.82, 2.24) is 5.32 Å². The van der Waals surface area contributed by atoms with Gasteiger partial charge >= 0.3 is 0 Å². The molecule has 144 valence electrons. The predicted octanol–water partition coefficient (Wildman–Crippen LogP) is 3.19. The minimum atomic E-state index is -0.985. The number of non-ortho nitro benzene ring substituents is 2. The number of nitro benzene ring substituents is 3. The molecule has 0 aliphatic heterocycles. The van der Waals surface area contributed by atoms with Crippen LogP contribution in [0.2, 0.25) is 5.02 Å². The molecule has 0 heterocycles. The van der Waals surface area contributed by atoms with E-state index in [9.17, 15) is 35.1 Å². The van der Waals surface area contributed by atoms with E-state index < -0.39 is 43.3 Å². The van der Waals surface area contributed by atoms with Crippen LogP contribution in [0, 0.1) is 30.3 Å². The number of benzene rings is 2. The zero-order chi connectivity index (χ0) is 21.0. The molecule has 12 nitrogen and oxygen atoms in total. The van der Waals surface area contributed by atoms with Crippen molar-refractivity contribution in [3.63, 3.8) is 0 Å². The summed E-state index contributed by atoms with van der Waals surface area (Å²) in [5, 5.41) is 37.1. The number of hydrogen-bond donors (Lipinski definition) is 2. The van der Waals surface area contributed by atoms with E-state index in [4.69, 9.17) is 23.8 Å². The third kappa shape index (κ3) is 4.93. The highest BCUT2D eigenvalue weighted by Crippen LogP contribution is 2.28. The summed E-state index contributed by atoms with van der Waals surface area (Å²) in [6.45, 7) is 0. The number of rotatable bonds is 5. The van der Waals surface area contributed by atoms with Gasteiger partial charge in [0.25, 0.3) is 23.0 Å². The van der Waals surface area contributed by atoms with E-state index in [1.165, 1.54) is 12.1 Å². The normalized spacial score (nSPS) is 10.0. The molecule has 2 N–H and O–H groups in total. The van der Waals surface area contributed by atoms with Gasteiger partial charge < -0.3 is 5.32 Å². The average Bonchev–Trinajstić information content (AvgIpc) is 2.62. The van der Waals surface area contributed by atoms with Gasteiger partial charge in [0, 0.05) is 23.2 Å². The zero-order valence-corrected chi connectivity index (χ0v) is 15.0. The molecule has 0 saturated heterocycles. The molecule has 0 fully saturated rings. The molecule has 0 radical (unpaired) electrons. The second-order valence-electron chi connectivity index (χ2n) is 5.08. The van der Waals surface area contributed by atoms with Crippen LogP contribution >= 0.6 is 23.8 Å². The molecule has 14 heteroatoms. The van der Waals surface area contributed by atoms with Crippen LogP contribution in [0.1, 0.15) is 10.4 Å². The number of carbonyl (C=O) groups is 1. The summed E-state index contributed by atoms with van der Waals surface area (Å²) in [6, 6.07) is 6.04. The van der Waals surface area contributed by atoms with Gasteiger partial charge in [0.15, 0.2) is 5.11 Å². The number of thiocarbonyl (C=S) groups is 1. The smallest absolute Gasteiger partial charge is 0.294 e. The number of nitro groups is 3. The van der Waals surface area contributed by atoms with E-state index in [2.05, 4.69) is 10.6 Å². The Balaban J connectivity index is 2.24. The number of halogens is 1. The largest absolute Gasteiger partial charge is 0.327 e. The molecule has 28 heavy (non-hydrogen) atoms. The predicted molar refractivity (Wildman–Crippen MR) is 102 cm³/mol. The van der Waals surface area contributed by atoms with E-state index in [-0.39, 0.29) is 15.8 Å². The SMILES string of the molecule is O=C(NC(=S)Nc1ccc(Cl)cc1[N+](=O)[O-])c1cc([N+](=O)[O-])cc([N+](=O)[O-])c1. The minimum absolute atomic E-state index is 0.0651. The fourth-order valence-electron chi connectivity index (χ4n) is 2.03. The lowest BCUT2D eigenvalue weighted by Gasteiger charge is -2.10. The molecule has 2 aromatic carbocycles.